The molecular formula is C23H22N4O. The van der Waals surface area contributed by atoms with E-state index in [4.69, 9.17) is 5.10 Å². The molecule has 5 nitrogen and oxygen atoms in total. The number of nitrogens with zero attached hydrogens (tertiary/aromatic N) is 3. The van der Waals surface area contributed by atoms with Crippen LogP contribution in [-0.2, 0) is 4.79 Å². The van der Waals surface area contributed by atoms with E-state index in [1.165, 1.54) is 0 Å². The maximum Gasteiger partial charge on any atom is 0.262 e. The summed E-state index contributed by atoms with van der Waals surface area (Å²) in [6, 6.07) is 19.7. The number of benzene rings is 2. The van der Waals surface area contributed by atoms with Crippen LogP contribution in [0.2, 0.25) is 0 Å². The zero-order chi connectivity index (χ0) is 20.1. The lowest BCUT2D eigenvalue weighted by Crippen LogP contribution is -2.30. The van der Waals surface area contributed by atoms with Crippen LogP contribution in [0, 0.1) is 18.3 Å². The molecule has 2 aromatic carbocycles. The average molecular weight is 370 g/mol. The Hall–Kier alpha value is -3.65. The van der Waals surface area contributed by atoms with Crippen LogP contribution in [0.15, 0.2) is 66.4 Å². The molecule has 0 aliphatic carbocycles. The summed E-state index contributed by atoms with van der Waals surface area (Å²) >= 11 is 0. The van der Waals surface area contributed by atoms with Gasteiger partial charge in [0.15, 0.2) is 0 Å². The molecule has 0 unspecified atom stereocenters. The smallest absolute Gasteiger partial charge is 0.262 e. The lowest BCUT2D eigenvalue weighted by molar-refractivity contribution is -0.117. The number of hydrogen-bond donors (Lipinski definition) is 1. The summed E-state index contributed by atoms with van der Waals surface area (Å²) in [5.41, 5.74) is 4.46. The van der Waals surface area contributed by atoms with Gasteiger partial charge in [0.25, 0.3) is 5.91 Å². The molecule has 0 fully saturated rings. The number of para-hydroxylation sites is 1. The Kier molecular flexibility index (Phi) is 5.71. The van der Waals surface area contributed by atoms with Crippen molar-refractivity contribution < 1.29 is 4.79 Å². The number of nitriles is 1. The third-order valence-electron chi connectivity index (χ3n) is 4.17. The first-order chi connectivity index (χ1) is 13.5. The first kappa shape index (κ1) is 19.1. The Bertz CT molecular complexity index is 1040. The number of carbonyl (C=O) groups excluding carboxylic acids is 1. The molecule has 0 spiro atoms. The summed E-state index contributed by atoms with van der Waals surface area (Å²) in [6.45, 7) is 5.74. The molecule has 1 heterocycles. The van der Waals surface area contributed by atoms with E-state index < -0.39 is 0 Å². The number of aryl methyl sites for hydroxylation is 1. The molecule has 0 aliphatic rings. The lowest BCUT2D eigenvalue weighted by atomic mass is 10.0. The van der Waals surface area contributed by atoms with Gasteiger partial charge in [-0.1, -0.05) is 48.0 Å². The normalized spacial score (nSPS) is 11.3. The molecule has 3 aromatic rings. The minimum absolute atomic E-state index is 0.0483. The predicted octanol–water partition coefficient (Wildman–Crippen LogP) is 4.28. The molecule has 0 radical (unpaired) electrons. The second kappa shape index (κ2) is 8.36. The number of carbonyl (C=O) groups is 1. The van der Waals surface area contributed by atoms with Crippen molar-refractivity contribution >= 4 is 12.0 Å². The number of aromatic nitrogens is 2. The van der Waals surface area contributed by atoms with Crippen molar-refractivity contribution in [3.63, 3.8) is 0 Å². The van der Waals surface area contributed by atoms with E-state index in [0.29, 0.717) is 11.3 Å². The van der Waals surface area contributed by atoms with Crippen molar-refractivity contribution in [2.24, 2.45) is 0 Å². The monoisotopic (exact) mass is 370 g/mol. The van der Waals surface area contributed by atoms with E-state index in [1.807, 2.05) is 87.6 Å². The molecule has 5 heteroatoms. The van der Waals surface area contributed by atoms with Gasteiger partial charge in [-0.15, -0.1) is 0 Å². The summed E-state index contributed by atoms with van der Waals surface area (Å²) in [7, 11) is 0. The molecule has 3 rings (SSSR count). The van der Waals surface area contributed by atoms with E-state index in [1.54, 1.807) is 10.8 Å². The van der Waals surface area contributed by atoms with Crippen molar-refractivity contribution in [1.82, 2.24) is 15.1 Å². The molecule has 28 heavy (non-hydrogen) atoms. The van der Waals surface area contributed by atoms with Crippen LogP contribution in [0.3, 0.4) is 0 Å². The number of amides is 1. The Labute approximate surface area is 164 Å². The molecule has 1 aromatic heterocycles. The highest BCUT2D eigenvalue weighted by Crippen LogP contribution is 2.26. The molecule has 0 saturated carbocycles. The standard InChI is InChI=1S/C23H22N4O/c1-16(2)25-23(28)19(14-24)13-20-15-27(21-7-5-4-6-8-21)26-22(20)18-11-9-17(3)10-12-18/h4-13,15-16H,1-3H3,(H,25,28)/b19-13+. The predicted molar refractivity (Wildman–Crippen MR) is 111 cm³/mol. The first-order valence-electron chi connectivity index (χ1n) is 9.12. The van der Waals surface area contributed by atoms with Crippen molar-refractivity contribution in [1.29, 1.82) is 5.26 Å². The Morgan fingerprint density at radius 1 is 1.14 bits per heavy atom. The highest BCUT2D eigenvalue weighted by Gasteiger charge is 2.15. The van der Waals surface area contributed by atoms with Crippen molar-refractivity contribution in [3.05, 3.63) is 77.5 Å². The maximum atomic E-state index is 12.3. The molecule has 0 bridgehead atoms. The third-order valence-corrected chi connectivity index (χ3v) is 4.17. The minimum atomic E-state index is -0.389. The van der Waals surface area contributed by atoms with Crippen LogP contribution in [0.1, 0.15) is 25.0 Å². The van der Waals surface area contributed by atoms with Crippen LogP contribution in [0.4, 0.5) is 0 Å². The van der Waals surface area contributed by atoms with E-state index in [2.05, 4.69) is 5.32 Å². The summed E-state index contributed by atoms with van der Waals surface area (Å²) in [6.07, 6.45) is 3.43. The number of rotatable bonds is 5. The fourth-order valence-electron chi connectivity index (χ4n) is 2.79. The van der Waals surface area contributed by atoms with Crippen molar-refractivity contribution in [2.75, 3.05) is 0 Å². The largest absolute Gasteiger partial charge is 0.349 e. The van der Waals surface area contributed by atoms with Gasteiger partial charge in [0.1, 0.15) is 11.6 Å². The summed E-state index contributed by atoms with van der Waals surface area (Å²) in [5.74, 6) is -0.389. The lowest BCUT2D eigenvalue weighted by Gasteiger charge is -2.07. The van der Waals surface area contributed by atoms with Crippen molar-refractivity contribution in [2.45, 2.75) is 26.8 Å². The fourth-order valence-corrected chi connectivity index (χ4v) is 2.79. The van der Waals surface area contributed by atoms with E-state index in [0.717, 1.165) is 16.8 Å². The minimum Gasteiger partial charge on any atom is -0.349 e. The van der Waals surface area contributed by atoms with Gasteiger partial charge in [0.2, 0.25) is 0 Å². The van der Waals surface area contributed by atoms with Crippen LogP contribution < -0.4 is 5.32 Å². The zero-order valence-electron chi connectivity index (χ0n) is 16.2. The van der Waals surface area contributed by atoms with Gasteiger partial charge >= 0.3 is 0 Å². The molecular weight excluding hydrogens is 348 g/mol. The number of hydrogen-bond acceptors (Lipinski definition) is 3. The Morgan fingerprint density at radius 2 is 1.82 bits per heavy atom. The topological polar surface area (TPSA) is 70.7 Å². The molecule has 1 N–H and O–H groups in total. The van der Waals surface area contributed by atoms with Gasteiger partial charge in [-0.25, -0.2) is 4.68 Å². The Morgan fingerprint density at radius 3 is 2.43 bits per heavy atom. The van der Waals surface area contributed by atoms with Crippen molar-refractivity contribution in [3.8, 4) is 23.0 Å². The SMILES string of the molecule is Cc1ccc(-c2nn(-c3ccccc3)cc2/C=C(\C#N)C(=O)NC(C)C)cc1. The van der Waals surface area contributed by atoms with Gasteiger partial charge in [0.05, 0.1) is 11.4 Å². The Balaban J connectivity index is 2.11. The second-order valence-corrected chi connectivity index (χ2v) is 6.88. The molecule has 0 saturated heterocycles. The van der Waals surface area contributed by atoms with Gasteiger partial charge < -0.3 is 5.32 Å². The molecule has 0 atom stereocenters. The van der Waals surface area contributed by atoms with Crippen LogP contribution in [0.25, 0.3) is 23.0 Å². The molecule has 140 valence electrons. The van der Waals surface area contributed by atoms with Gasteiger partial charge in [-0.05, 0) is 39.0 Å². The number of nitrogens with one attached hydrogen (secondary N) is 1. The van der Waals surface area contributed by atoms with Crippen LogP contribution in [-0.4, -0.2) is 21.7 Å². The van der Waals surface area contributed by atoms with Gasteiger partial charge in [-0.3, -0.25) is 4.79 Å². The van der Waals surface area contributed by atoms with E-state index in [-0.39, 0.29) is 17.5 Å². The summed E-state index contributed by atoms with van der Waals surface area (Å²) < 4.78 is 1.76. The van der Waals surface area contributed by atoms with Crippen LogP contribution in [0.5, 0.6) is 0 Å². The second-order valence-electron chi connectivity index (χ2n) is 6.88. The highest BCUT2D eigenvalue weighted by atomic mass is 16.1. The summed E-state index contributed by atoms with van der Waals surface area (Å²) in [5, 5.41) is 17.0. The zero-order valence-corrected chi connectivity index (χ0v) is 16.2. The van der Waals surface area contributed by atoms with Crippen LogP contribution >= 0.6 is 0 Å². The van der Waals surface area contributed by atoms with E-state index >= 15 is 0 Å². The summed E-state index contributed by atoms with van der Waals surface area (Å²) in [4.78, 5) is 12.3. The molecule has 0 aliphatic heterocycles. The van der Waals surface area contributed by atoms with Gasteiger partial charge in [-0.2, -0.15) is 10.4 Å². The third kappa shape index (κ3) is 4.36. The molecule has 1 amide bonds. The quantitative estimate of drug-likeness (QED) is 0.538. The highest BCUT2D eigenvalue weighted by molar-refractivity contribution is 6.02. The maximum absolute atomic E-state index is 12.3. The first-order valence-corrected chi connectivity index (χ1v) is 9.12. The van der Waals surface area contributed by atoms with Gasteiger partial charge in [0, 0.05) is 23.4 Å². The fraction of sp³-hybridized carbons (Fsp3) is 0.174. The average Bonchev–Trinajstić information content (AvgIpc) is 3.10. The van der Waals surface area contributed by atoms with E-state index in [9.17, 15) is 10.1 Å².